The molecule has 1 N–H and O–H groups in total. The van der Waals surface area contributed by atoms with E-state index in [1.165, 1.54) is 24.8 Å². The van der Waals surface area contributed by atoms with Crippen LogP contribution in [-0.4, -0.2) is 36.2 Å². The minimum atomic E-state index is -0.899. The highest BCUT2D eigenvalue weighted by Crippen LogP contribution is 2.41. The van der Waals surface area contributed by atoms with Gasteiger partial charge < -0.3 is 14.7 Å². The van der Waals surface area contributed by atoms with E-state index in [4.69, 9.17) is 4.74 Å². The molecule has 0 aromatic heterocycles. The second-order valence-corrected chi connectivity index (χ2v) is 7.56. The first-order valence-electron chi connectivity index (χ1n) is 10.4. The van der Waals surface area contributed by atoms with Crippen molar-refractivity contribution in [3.05, 3.63) is 65.7 Å². The highest BCUT2D eigenvalue weighted by molar-refractivity contribution is 5.35. The third-order valence-electron chi connectivity index (χ3n) is 5.87. The minimum Gasteiger partial charge on any atom is -0.494 e. The predicted octanol–water partition coefficient (Wildman–Crippen LogP) is 4.95. The molecule has 3 rings (SSSR count). The standard InChI is InChI=1S/C24H33NO2/c1-3-24(26,21-13-15-22(16-14-21)27-4-2)23(20-11-7-5-8-12-20)19-25-17-9-6-10-18-25/h5,7-8,11-16,23,26H,3-4,6,9-10,17-19H2,1-2H3/t23-,24-/m0/s1. The lowest BCUT2D eigenvalue weighted by molar-refractivity contribution is -0.0105. The normalized spacial score (nSPS) is 18.6. The van der Waals surface area contributed by atoms with Crippen molar-refractivity contribution in [3.63, 3.8) is 0 Å². The fourth-order valence-corrected chi connectivity index (χ4v) is 4.28. The molecule has 0 amide bonds. The first kappa shape index (κ1) is 19.9. The van der Waals surface area contributed by atoms with Crippen LogP contribution in [0, 0.1) is 0 Å². The monoisotopic (exact) mass is 367 g/mol. The van der Waals surface area contributed by atoms with E-state index in [0.29, 0.717) is 13.0 Å². The highest BCUT2D eigenvalue weighted by atomic mass is 16.5. The Morgan fingerprint density at radius 2 is 1.63 bits per heavy atom. The Morgan fingerprint density at radius 3 is 2.22 bits per heavy atom. The SMILES string of the molecule is CCOc1ccc([C@@](O)(CC)[C@@H](CN2CCCCC2)c2ccccc2)cc1. The van der Waals surface area contributed by atoms with Crippen LogP contribution in [0.5, 0.6) is 5.75 Å². The van der Waals surface area contributed by atoms with Gasteiger partial charge >= 0.3 is 0 Å². The van der Waals surface area contributed by atoms with Crippen molar-refractivity contribution >= 4 is 0 Å². The van der Waals surface area contributed by atoms with Crippen molar-refractivity contribution in [2.24, 2.45) is 0 Å². The van der Waals surface area contributed by atoms with Crippen molar-refractivity contribution in [3.8, 4) is 5.75 Å². The fraction of sp³-hybridized carbons (Fsp3) is 0.500. The van der Waals surface area contributed by atoms with Gasteiger partial charge in [0.1, 0.15) is 5.75 Å². The lowest BCUT2D eigenvalue weighted by Gasteiger charge is -2.40. The highest BCUT2D eigenvalue weighted by Gasteiger charge is 2.39. The lowest BCUT2D eigenvalue weighted by Crippen LogP contribution is -2.42. The third-order valence-corrected chi connectivity index (χ3v) is 5.87. The molecule has 2 atom stereocenters. The molecule has 0 unspecified atom stereocenters. The van der Waals surface area contributed by atoms with E-state index in [2.05, 4.69) is 36.1 Å². The van der Waals surface area contributed by atoms with Crippen LogP contribution < -0.4 is 4.74 Å². The van der Waals surface area contributed by atoms with Gasteiger partial charge in [-0.05, 0) is 62.5 Å². The second kappa shape index (κ2) is 9.38. The smallest absolute Gasteiger partial charge is 0.119 e. The van der Waals surface area contributed by atoms with Crippen molar-refractivity contribution in [1.82, 2.24) is 4.90 Å². The summed E-state index contributed by atoms with van der Waals surface area (Å²) in [6, 6.07) is 18.5. The molecule has 0 aliphatic carbocycles. The number of benzene rings is 2. The first-order chi connectivity index (χ1) is 13.2. The summed E-state index contributed by atoms with van der Waals surface area (Å²) >= 11 is 0. The Labute approximate surface area is 164 Å². The van der Waals surface area contributed by atoms with E-state index in [1.54, 1.807) is 0 Å². The molecule has 1 saturated heterocycles. The largest absolute Gasteiger partial charge is 0.494 e. The van der Waals surface area contributed by atoms with Gasteiger partial charge in [0.25, 0.3) is 0 Å². The van der Waals surface area contributed by atoms with E-state index in [9.17, 15) is 5.11 Å². The predicted molar refractivity (Wildman–Crippen MR) is 111 cm³/mol. The molecular formula is C24H33NO2. The van der Waals surface area contributed by atoms with Gasteiger partial charge in [0, 0.05) is 12.5 Å². The zero-order valence-corrected chi connectivity index (χ0v) is 16.7. The van der Waals surface area contributed by atoms with Crippen LogP contribution >= 0.6 is 0 Å². The number of rotatable bonds is 8. The van der Waals surface area contributed by atoms with Crippen LogP contribution in [0.3, 0.4) is 0 Å². The number of hydrogen-bond donors (Lipinski definition) is 1. The van der Waals surface area contributed by atoms with Crippen LogP contribution in [0.4, 0.5) is 0 Å². The number of ether oxygens (including phenoxy) is 1. The molecule has 27 heavy (non-hydrogen) atoms. The van der Waals surface area contributed by atoms with Crippen molar-refractivity contribution < 1.29 is 9.84 Å². The molecule has 0 spiro atoms. The summed E-state index contributed by atoms with van der Waals surface area (Å²) in [6.45, 7) is 7.88. The van der Waals surface area contributed by atoms with E-state index in [0.717, 1.165) is 30.9 Å². The van der Waals surface area contributed by atoms with Crippen LogP contribution in [0.25, 0.3) is 0 Å². The number of aliphatic hydroxyl groups is 1. The topological polar surface area (TPSA) is 32.7 Å². The quantitative estimate of drug-likeness (QED) is 0.716. The fourth-order valence-electron chi connectivity index (χ4n) is 4.28. The maximum Gasteiger partial charge on any atom is 0.119 e. The summed E-state index contributed by atoms with van der Waals surface area (Å²) in [5.41, 5.74) is 1.28. The summed E-state index contributed by atoms with van der Waals surface area (Å²) in [6.07, 6.45) is 4.52. The second-order valence-electron chi connectivity index (χ2n) is 7.56. The van der Waals surface area contributed by atoms with Gasteiger partial charge in [-0.3, -0.25) is 0 Å². The van der Waals surface area contributed by atoms with Gasteiger partial charge in [-0.25, -0.2) is 0 Å². The Kier molecular flexibility index (Phi) is 6.92. The van der Waals surface area contributed by atoms with Crippen molar-refractivity contribution in [1.29, 1.82) is 0 Å². The molecule has 0 bridgehead atoms. The summed E-state index contributed by atoms with van der Waals surface area (Å²) in [5.74, 6) is 0.895. The van der Waals surface area contributed by atoms with Crippen LogP contribution in [0.15, 0.2) is 54.6 Å². The molecule has 1 fully saturated rings. The molecule has 3 nitrogen and oxygen atoms in total. The number of nitrogens with zero attached hydrogens (tertiary/aromatic N) is 1. The average molecular weight is 368 g/mol. The molecule has 0 radical (unpaired) electrons. The van der Waals surface area contributed by atoms with Gasteiger partial charge in [0.2, 0.25) is 0 Å². The van der Waals surface area contributed by atoms with E-state index in [1.807, 2.05) is 37.3 Å². The van der Waals surface area contributed by atoms with E-state index >= 15 is 0 Å². The Morgan fingerprint density at radius 1 is 0.963 bits per heavy atom. The van der Waals surface area contributed by atoms with Crippen molar-refractivity contribution in [2.45, 2.75) is 51.0 Å². The Hall–Kier alpha value is -1.84. The third kappa shape index (κ3) is 4.72. The van der Waals surface area contributed by atoms with E-state index < -0.39 is 5.60 Å². The Bertz CT molecular complexity index is 679. The molecular weight excluding hydrogens is 334 g/mol. The summed E-state index contributed by atoms with van der Waals surface area (Å²) in [4.78, 5) is 2.52. The number of piperidine rings is 1. The van der Waals surface area contributed by atoms with Gasteiger partial charge in [-0.15, -0.1) is 0 Å². The van der Waals surface area contributed by atoms with Gasteiger partial charge in [0.15, 0.2) is 0 Å². The molecule has 2 aromatic rings. The molecule has 1 heterocycles. The number of likely N-dealkylation sites (tertiary alicyclic amines) is 1. The zero-order chi connectivity index (χ0) is 19.1. The summed E-state index contributed by atoms with van der Waals surface area (Å²) < 4.78 is 5.58. The van der Waals surface area contributed by atoms with E-state index in [-0.39, 0.29) is 5.92 Å². The van der Waals surface area contributed by atoms with Crippen LogP contribution in [-0.2, 0) is 5.60 Å². The maximum atomic E-state index is 11.9. The van der Waals surface area contributed by atoms with Crippen molar-refractivity contribution in [2.75, 3.05) is 26.2 Å². The molecule has 146 valence electrons. The molecule has 1 aliphatic heterocycles. The average Bonchev–Trinajstić information content (AvgIpc) is 2.73. The van der Waals surface area contributed by atoms with Gasteiger partial charge in [0.05, 0.1) is 12.2 Å². The zero-order valence-electron chi connectivity index (χ0n) is 16.7. The van der Waals surface area contributed by atoms with Crippen LogP contribution in [0.1, 0.15) is 56.6 Å². The summed E-state index contributed by atoms with van der Waals surface area (Å²) in [7, 11) is 0. The minimum absolute atomic E-state index is 0.0414. The Balaban J connectivity index is 1.93. The number of hydrogen-bond acceptors (Lipinski definition) is 3. The molecule has 3 heteroatoms. The first-order valence-corrected chi connectivity index (χ1v) is 10.4. The van der Waals surface area contributed by atoms with Crippen LogP contribution in [0.2, 0.25) is 0 Å². The molecule has 1 aliphatic rings. The molecule has 2 aromatic carbocycles. The maximum absolute atomic E-state index is 11.9. The summed E-state index contributed by atoms with van der Waals surface area (Å²) in [5, 5.41) is 11.9. The van der Waals surface area contributed by atoms with Gasteiger partial charge in [-0.1, -0.05) is 55.8 Å². The van der Waals surface area contributed by atoms with Gasteiger partial charge in [-0.2, -0.15) is 0 Å². The molecule has 0 saturated carbocycles. The lowest BCUT2D eigenvalue weighted by atomic mass is 9.75.